The van der Waals surface area contributed by atoms with Crippen molar-refractivity contribution in [1.82, 2.24) is 5.32 Å². The summed E-state index contributed by atoms with van der Waals surface area (Å²) >= 11 is 0. The number of ether oxygens (including phenoxy) is 1. The van der Waals surface area contributed by atoms with Gasteiger partial charge < -0.3 is 10.1 Å². The Hall–Kier alpha value is -1.58. The van der Waals surface area contributed by atoms with Crippen LogP contribution in [0.25, 0.3) is 0 Å². The van der Waals surface area contributed by atoms with Gasteiger partial charge in [-0.2, -0.15) is 0 Å². The predicted molar refractivity (Wildman–Crippen MR) is 85.7 cm³/mol. The molecule has 1 aliphatic rings. The minimum absolute atomic E-state index is 0.0414. The van der Waals surface area contributed by atoms with Crippen molar-refractivity contribution in [2.24, 2.45) is 0 Å². The number of hydrogen-bond acceptors (Lipinski definition) is 2. The maximum Gasteiger partial charge on any atom is 0.407 e. The van der Waals surface area contributed by atoms with E-state index in [1.54, 1.807) is 20.8 Å². The van der Waals surface area contributed by atoms with Crippen LogP contribution < -0.4 is 5.32 Å². The normalized spacial score (nSPS) is 24.8. The molecule has 1 aromatic carbocycles. The zero-order chi connectivity index (χ0) is 16.8. The van der Waals surface area contributed by atoms with E-state index in [0.29, 0.717) is 12.0 Å². The molecule has 1 amide bonds. The monoisotopic (exact) mass is 307 g/mol. The van der Waals surface area contributed by atoms with Gasteiger partial charge in [-0.15, -0.1) is 0 Å². The van der Waals surface area contributed by atoms with Crippen LogP contribution in [0.4, 0.5) is 9.18 Å². The second-order valence-corrected chi connectivity index (χ2v) is 8.09. The van der Waals surface area contributed by atoms with Crippen LogP contribution in [0.5, 0.6) is 0 Å². The average molecular weight is 307 g/mol. The molecule has 0 aromatic heterocycles. The highest BCUT2D eigenvalue weighted by Gasteiger charge is 2.58. The SMILES string of the molecule is CC(C)(C)OC(=O)N[C@H]1C[C@]1(F)c1ccc(C(C)(C)C)cc1. The molecule has 3 nitrogen and oxygen atoms in total. The first-order valence-corrected chi connectivity index (χ1v) is 7.71. The molecule has 1 N–H and O–H groups in total. The second-order valence-electron chi connectivity index (χ2n) is 8.09. The molecule has 0 radical (unpaired) electrons. The van der Waals surface area contributed by atoms with E-state index >= 15 is 0 Å². The summed E-state index contributed by atoms with van der Waals surface area (Å²) in [5, 5.41) is 2.61. The van der Waals surface area contributed by atoms with Crippen molar-refractivity contribution in [2.45, 2.75) is 70.7 Å². The molecule has 0 aliphatic heterocycles. The van der Waals surface area contributed by atoms with Crippen molar-refractivity contribution < 1.29 is 13.9 Å². The Balaban J connectivity index is 2.01. The number of nitrogens with one attached hydrogen (secondary N) is 1. The van der Waals surface area contributed by atoms with Crippen LogP contribution in [0.3, 0.4) is 0 Å². The summed E-state index contributed by atoms with van der Waals surface area (Å²) in [5.41, 5.74) is -0.238. The van der Waals surface area contributed by atoms with Crippen molar-refractivity contribution in [3.8, 4) is 0 Å². The van der Waals surface area contributed by atoms with Gasteiger partial charge in [0.2, 0.25) is 0 Å². The van der Waals surface area contributed by atoms with Crippen LogP contribution in [0.15, 0.2) is 24.3 Å². The van der Waals surface area contributed by atoms with Crippen LogP contribution in [-0.2, 0) is 15.8 Å². The van der Waals surface area contributed by atoms with Crippen molar-refractivity contribution in [1.29, 1.82) is 0 Å². The maximum absolute atomic E-state index is 14.8. The second kappa shape index (κ2) is 5.25. The van der Waals surface area contributed by atoms with Crippen LogP contribution in [0.2, 0.25) is 0 Å². The summed E-state index contributed by atoms with van der Waals surface area (Å²) in [6.07, 6.45) is -0.274. The van der Waals surface area contributed by atoms with E-state index in [4.69, 9.17) is 4.74 Å². The Bertz CT molecular complexity index is 554. The topological polar surface area (TPSA) is 38.3 Å². The number of rotatable bonds is 2. The summed E-state index contributed by atoms with van der Waals surface area (Å²) in [5.74, 6) is 0. The van der Waals surface area contributed by atoms with Gasteiger partial charge in [-0.3, -0.25) is 0 Å². The lowest BCUT2D eigenvalue weighted by atomic mass is 9.86. The maximum atomic E-state index is 14.8. The van der Waals surface area contributed by atoms with Crippen LogP contribution in [0.1, 0.15) is 59.1 Å². The first-order chi connectivity index (χ1) is 9.92. The van der Waals surface area contributed by atoms with Gasteiger partial charge in [-0.25, -0.2) is 9.18 Å². The fourth-order valence-corrected chi connectivity index (χ4v) is 2.42. The van der Waals surface area contributed by atoms with E-state index < -0.39 is 23.4 Å². The highest BCUT2D eigenvalue weighted by molar-refractivity contribution is 5.69. The Morgan fingerprint density at radius 2 is 1.73 bits per heavy atom. The Kier molecular flexibility index (Phi) is 4.01. The molecule has 1 fully saturated rings. The third-order valence-electron chi connectivity index (χ3n) is 3.82. The van der Waals surface area contributed by atoms with Crippen LogP contribution >= 0.6 is 0 Å². The molecule has 1 aromatic rings. The van der Waals surface area contributed by atoms with Gasteiger partial charge in [0.15, 0.2) is 5.67 Å². The molecule has 0 bridgehead atoms. The quantitative estimate of drug-likeness (QED) is 0.877. The smallest absolute Gasteiger partial charge is 0.407 e. The fourth-order valence-electron chi connectivity index (χ4n) is 2.42. The van der Waals surface area contributed by atoms with Gasteiger partial charge in [-0.1, -0.05) is 45.0 Å². The Morgan fingerprint density at radius 1 is 1.18 bits per heavy atom. The molecule has 4 heteroatoms. The first kappa shape index (κ1) is 16.8. The first-order valence-electron chi connectivity index (χ1n) is 7.71. The third kappa shape index (κ3) is 3.79. The number of alkyl halides is 1. The zero-order valence-corrected chi connectivity index (χ0v) is 14.3. The number of benzene rings is 1. The van der Waals surface area contributed by atoms with E-state index in [2.05, 4.69) is 26.1 Å². The summed E-state index contributed by atoms with van der Waals surface area (Å²) in [6, 6.07) is 7.04. The Morgan fingerprint density at radius 3 is 2.18 bits per heavy atom. The molecule has 2 rings (SSSR count). The molecular formula is C18H26FNO2. The summed E-state index contributed by atoms with van der Waals surface area (Å²) in [4.78, 5) is 11.7. The average Bonchev–Trinajstić information content (AvgIpc) is 2.97. The lowest BCUT2D eigenvalue weighted by Gasteiger charge is -2.21. The number of hydrogen-bond donors (Lipinski definition) is 1. The van der Waals surface area contributed by atoms with Gasteiger partial charge in [0.05, 0.1) is 6.04 Å². The molecular weight excluding hydrogens is 281 g/mol. The van der Waals surface area contributed by atoms with E-state index in [1.165, 1.54) is 0 Å². The van der Waals surface area contributed by atoms with Gasteiger partial charge in [-0.05, 0) is 37.3 Å². The minimum Gasteiger partial charge on any atom is -0.444 e. The van der Waals surface area contributed by atoms with Crippen LogP contribution in [-0.4, -0.2) is 17.7 Å². The zero-order valence-electron chi connectivity index (χ0n) is 14.3. The summed E-state index contributed by atoms with van der Waals surface area (Å²) in [6.45, 7) is 11.7. The molecule has 2 atom stereocenters. The van der Waals surface area contributed by atoms with Crippen LogP contribution in [0, 0.1) is 0 Å². The van der Waals surface area contributed by atoms with Crippen molar-refractivity contribution >= 4 is 6.09 Å². The summed E-state index contributed by atoms with van der Waals surface area (Å²) < 4.78 is 20.0. The molecule has 0 unspecified atom stereocenters. The largest absolute Gasteiger partial charge is 0.444 e. The lowest BCUT2D eigenvalue weighted by Crippen LogP contribution is -2.35. The minimum atomic E-state index is -1.48. The van der Waals surface area contributed by atoms with Gasteiger partial charge in [0.25, 0.3) is 0 Å². The van der Waals surface area contributed by atoms with Crippen molar-refractivity contribution in [2.75, 3.05) is 0 Å². The molecule has 0 spiro atoms. The summed E-state index contributed by atoms with van der Waals surface area (Å²) in [7, 11) is 0. The van der Waals surface area contributed by atoms with E-state index in [-0.39, 0.29) is 5.41 Å². The van der Waals surface area contributed by atoms with Gasteiger partial charge >= 0.3 is 6.09 Å². The predicted octanol–water partition coefficient (Wildman–Crippen LogP) is 4.45. The molecule has 122 valence electrons. The number of carbonyl (C=O) groups is 1. The standard InChI is InChI=1S/C18H26FNO2/c1-16(2,3)12-7-9-13(10-8-12)18(19)11-14(18)20-15(21)22-17(4,5)6/h7-10,14H,11H2,1-6H3,(H,20,21)/t14-,18-/m0/s1. The van der Waals surface area contributed by atoms with Crippen molar-refractivity contribution in [3.63, 3.8) is 0 Å². The van der Waals surface area contributed by atoms with Crippen molar-refractivity contribution in [3.05, 3.63) is 35.4 Å². The number of amides is 1. The highest BCUT2D eigenvalue weighted by atomic mass is 19.1. The Labute approximate surface area is 132 Å². The molecule has 1 aliphatic carbocycles. The number of halogens is 1. The van der Waals surface area contributed by atoms with E-state index in [0.717, 1.165) is 5.56 Å². The molecule has 0 heterocycles. The highest BCUT2D eigenvalue weighted by Crippen LogP contribution is 2.50. The molecule has 0 saturated heterocycles. The van der Waals surface area contributed by atoms with E-state index in [9.17, 15) is 9.18 Å². The van der Waals surface area contributed by atoms with Gasteiger partial charge in [0, 0.05) is 6.42 Å². The van der Waals surface area contributed by atoms with E-state index in [1.807, 2.05) is 24.3 Å². The molecule has 1 saturated carbocycles. The third-order valence-corrected chi connectivity index (χ3v) is 3.82. The lowest BCUT2D eigenvalue weighted by molar-refractivity contribution is 0.0511. The molecule has 22 heavy (non-hydrogen) atoms. The fraction of sp³-hybridized carbons (Fsp3) is 0.611. The number of alkyl carbamates (subject to hydrolysis) is 1. The number of carbonyl (C=O) groups excluding carboxylic acids is 1. The van der Waals surface area contributed by atoms with Gasteiger partial charge in [0.1, 0.15) is 5.60 Å².